The van der Waals surface area contributed by atoms with Crippen LogP contribution >= 0.6 is 0 Å². The lowest BCUT2D eigenvalue weighted by Gasteiger charge is -2.18. The van der Waals surface area contributed by atoms with E-state index in [-0.39, 0.29) is 11.9 Å². The topological polar surface area (TPSA) is 21.3 Å². The molecule has 0 bridgehead atoms. The standard InChI is InChI=1S/C18H22FNO/c1-12-5-8-17(14(3)20-4)18(9-12)21-11-15-10-16(19)7-6-13(15)2/h5-10,14,20H,11H2,1-4H3. The van der Waals surface area contributed by atoms with Crippen LogP contribution in [-0.4, -0.2) is 7.05 Å². The number of hydrogen-bond acceptors (Lipinski definition) is 2. The molecule has 0 amide bonds. The number of ether oxygens (including phenoxy) is 1. The molecular weight excluding hydrogens is 265 g/mol. The fourth-order valence-corrected chi connectivity index (χ4v) is 2.23. The fourth-order valence-electron chi connectivity index (χ4n) is 2.23. The largest absolute Gasteiger partial charge is 0.489 e. The van der Waals surface area contributed by atoms with Gasteiger partial charge >= 0.3 is 0 Å². The molecular formula is C18H22FNO. The molecule has 3 heteroatoms. The second-order valence-electron chi connectivity index (χ2n) is 5.41. The molecule has 2 rings (SSSR count). The number of benzene rings is 2. The Kier molecular flexibility index (Phi) is 4.97. The molecule has 0 saturated heterocycles. The first-order valence-electron chi connectivity index (χ1n) is 7.17. The van der Waals surface area contributed by atoms with E-state index in [9.17, 15) is 4.39 Å². The molecule has 2 aromatic rings. The van der Waals surface area contributed by atoms with Crippen LogP contribution in [0.25, 0.3) is 0 Å². The van der Waals surface area contributed by atoms with E-state index in [0.29, 0.717) is 6.61 Å². The Bertz CT molecular complexity index is 625. The van der Waals surface area contributed by atoms with Gasteiger partial charge in [0.1, 0.15) is 18.2 Å². The van der Waals surface area contributed by atoms with Gasteiger partial charge in [-0.25, -0.2) is 4.39 Å². The van der Waals surface area contributed by atoms with Crippen LogP contribution in [0.15, 0.2) is 36.4 Å². The second kappa shape index (κ2) is 6.72. The molecule has 2 nitrogen and oxygen atoms in total. The normalized spacial score (nSPS) is 12.2. The van der Waals surface area contributed by atoms with E-state index in [1.807, 2.05) is 27.0 Å². The van der Waals surface area contributed by atoms with Crippen molar-refractivity contribution in [3.63, 3.8) is 0 Å². The summed E-state index contributed by atoms with van der Waals surface area (Å²) < 4.78 is 19.3. The fraction of sp³-hybridized carbons (Fsp3) is 0.333. The molecule has 0 heterocycles. The minimum Gasteiger partial charge on any atom is -0.489 e. The highest BCUT2D eigenvalue weighted by molar-refractivity contribution is 5.39. The third-order valence-electron chi connectivity index (χ3n) is 3.76. The molecule has 0 spiro atoms. The van der Waals surface area contributed by atoms with Crippen molar-refractivity contribution in [2.24, 2.45) is 0 Å². The summed E-state index contributed by atoms with van der Waals surface area (Å²) in [6.07, 6.45) is 0. The average molecular weight is 287 g/mol. The lowest BCUT2D eigenvalue weighted by Crippen LogP contribution is -2.14. The van der Waals surface area contributed by atoms with Crippen molar-refractivity contribution in [2.45, 2.75) is 33.4 Å². The van der Waals surface area contributed by atoms with E-state index in [1.165, 1.54) is 12.1 Å². The zero-order chi connectivity index (χ0) is 15.4. The van der Waals surface area contributed by atoms with Crippen LogP contribution in [0.1, 0.15) is 35.2 Å². The van der Waals surface area contributed by atoms with Crippen LogP contribution in [0.5, 0.6) is 5.75 Å². The number of halogens is 1. The van der Waals surface area contributed by atoms with Gasteiger partial charge in [0.2, 0.25) is 0 Å². The number of rotatable bonds is 5. The van der Waals surface area contributed by atoms with Gasteiger partial charge in [-0.2, -0.15) is 0 Å². The van der Waals surface area contributed by atoms with Gasteiger partial charge < -0.3 is 10.1 Å². The van der Waals surface area contributed by atoms with Gasteiger partial charge in [-0.1, -0.05) is 18.2 Å². The Hall–Kier alpha value is -1.87. The first-order chi connectivity index (χ1) is 10.0. The van der Waals surface area contributed by atoms with Gasteiger partial charge in [0.05, 0.1) is 0 Å². The Morgan fingerprint density at radius 3 is 2.62 bits per heavy atom. The predicted molar refractivity (Wildman–Crippen MR) is 84.1 cm³/mol. The maximum Gasteiger partial charge on any atom is 0.124 e. The molecule has 0 fully saturated rings. The zero-order valence-electron chi connectivity index (χ0n) is 13.0. The maximum atomic E-state index is 13.3. The lowest BCUT2D eigenvalue weighted by atomic mass is 10.0. The molecule has 0 radical (unpaired) electrons. The summed E-state index contributed by atoms with van der Waals surface area (Å²) in [5, 5.41) is 3.22. The third kappa shape index (κ3) is 3.82. The summed E-state index contributed by atoms with van der Waals surface area (Å²) in [6.45, 7) is 6.46. The molecule has 1 atom stereocenters. The lowest BCUT2D eigenvalue weighted by molar-refractivity contribution is 0.298. The van der Waals surface area contributed by atoms with Crippen molar-refractivity contribution in [1.29, 1.82) is 0 Å². The molecule has 0 aliphatic carbocycles. The molecule has 1 unspecified atom stereocenters. The highest BCUT2D eigenvalue weighted by Crippen LogP contribution is 2.27. The van der Waals surface area contributed by atoms with Crippen LogP contribution in [0, 0.1) is 19.7 Å². The second-order valence-corrected chi connectivity index (χ2v) is 5.41. The van der Waals surface area contributed by atoms with E-state index in [1.54, 1.807) is 6.07 Å². The van der Waals surface area contributed by atoms with Crippen molar-refractivity contribution in [3.05, 3.63) is 64.5 Å². The van der Waals surface area contributed by atoms with Crippen molar-refractivity contribution in [3.8, 4) is 5.75 Å². The van der Waals surface area contributed by atoms with Gasteiger partial charge in [-0.15, -0.1) is 0 Å². The predicted octanol–water partition coefficient (Wildman–Crippen LogP) is 4.30. The third-order valence-corrected chi connectivity index (χ3v) is 3.76. The molecule has 0 aliphatic rings. The Labute approximate surface area is 126 Å². The quantitative estimate of drug-likeness (QED) is 0.885. The van der Waals surface area contributed by atoms with Crippen molar-refractivity contribution in [1.82, 2.24) is 5.32 Å². The maximum absolute atomic E-state index is 13.3. The molecule has 0 saturated carbocycles. The van der Waals surface area contributed by atoms with Gasteiger partial charge in [0, 0.05) is 11.6 Å². The van der Waals surface area contributed by atoms with Gasteiger partial charge in [0.25, 0.3) is 0 Å². The highest BCUT2D eigenvalue weighted by Gasteiger charge is 2.11. The molecule has 112 valence electrons. The molecule has 0 aromatic heterocycles. The number of hydrogen-bond donors (Lipinski definition) is 1. The summed E-state index contributed by atoms with van der Waals surface area (Å²) in [5.41, 5.74) is 4.16. The zero-order valence-corrected chi connectivity index (χ0v) is 13.0. The van der Waals surface area contributed by atoms with E-state index >= 15 is 0 Å². The summed E-state index contributed by atoms with van der Waals surface area (Å²) in [7, 11) is 1.92. The molecule has 21 heavy (non-hydrogen) atoms. The minimum atomic E-state index is -0.229. The molecule has 0 aliphatic heterocycles. The van der Waals surface area contributed by atoms with Crippen LogP contribution in [-0.2, 0) is 6.61 Å². The summed E-state index contributed by atoms with van der Waals surface area (Å²) >= 11 is 0. The van der Waals surface area contributed by atoms with Crippen LogP contribution < -0.4 is 10.1 Å². The van der Waals surface area contributed by atoms with E-state index in [2.05, 4.69) is 24.4 Å². The number of aryl methyl sites for hydroxylation is 2. The Morgan fingerprint density at radius 2 is 1.90 bits per heavy atom. The summed E-state index contributed by atoms with van der Waals surface area (Å²) in [4.78, 5) is 0. The van der Waals surface area contributed by atoms with E-state index in [4.69, 9.17) is 4.74 Å². The first-order valence-corrected chi connectivity index (χ1v) is 7.17. The summed E-state index contributed by atoms with van der Waals surface area (Å²) in [5.74, 6) is 0.618. The van der Waals surface area contributed by atoms with E-state index < -0.39 is 0 Å². The van der Waals surface area contributed by atoms with Crippen LogP contribution in [0.4, 0.5) is 4.39 Å². The van der Waals surface area contributed by atoms with Gasteiger partial charge in [0.15, 0.2) is 0 Å². The van der Waals surface area contributed by atoms with Gasteiger partial charge in [-0.05, 0) is 62.7 Å². The average Bonchev–Trinajstić information content (AvgIpc) is 2.47. The molecule has 1 N–H and O–H groups in total. The monoisotopic (exact) mass is 287 g/mol. The first kappa shape index (κ1) is 15.5. The Balaban J connectivity index is 2.23. The minimum absolute atomic E-state index is 0.203. The van der Waals surface area contributed by atoms with Crippen LogP contribution in [0.2, 0.25) is 0 Å². The van der Waals surface area contributed by atoms with Crippen molar-refractivity contribution < 1.29 is 9.13 Å². The highest BCUT2D eigenvalue weighted by atomic mass is 19.1. The molecule has 2 aromatic carbocycles. The van der Waals surface area contributed by atoms with Crippen molar-refractivity contribution in [2.75, 3.05) is 7.05 Å². The summed E-state index contributed by atoms with van der Waals surface area (Å²) in [6, 6.07) is 11.2. The van der Waals surface area contributed by atoms with Gasteiger partial charge in [-0.3, -0.25) is 0 Å². The Morgan fingerprint density at radius 1 is 1.14 bits per heavy atom. The SMILES string of the molecule is CNC(C)c1ccc(C)cc1OCc1cc(F)ccc1C. The smallest absolute Gasteiger partial charge is 0.124 e. The number of nitrogens with one attached hydrogen (secondary N) is 1. The van der Waals surface area contributed by atoms with E-state index in [0.717, 1.165) is 28.0 Å². The van der Waals surface area contributed by atoms with Crippen molar-refractivity contribution >= 4 is 0 Å². The van der Waals surface area contributed by atoms with Crippen LogP contribution in [0.3, 0.4) is 0 Å².